The summed E-state index contributed by atoms with van der Waals surface area (Å²) in [6, 6.07) is 5.84. The minimum Gasteiger partial charge on any atom is -0.486 e. The van der Waals surface area contributed by atoms with Crippen LogP contribution in [0.3, 0.4) is 0 Å². The van der Waals surface area contributed by atoms with Crippen molar-refractivity contribution in [1.82, 2.24) is 5.32 Å². The van der Waals surface area contributed by atoms with Gasteiger partial charge in [-0.25, -0.2) is 0 Å². The molecule has 1 aliphatic carbocycles. The largest absolute Gasteiger partial charge is 0.486 e. The van der Waals surface area contributed by atoms with Gasteiger partial charge in [0.2, 0.25) is 5.91 Å². The zero-order chi connectivity index (χ0) is 23.6. The summed E-state index contributed by atoms with van der Waals surface area (Å²) in [6.45, 7) is 2.35. The van der Waals surface area contributed by atoms with Gasteiger partial charge in [0.1, 0.15) is 13.2 Å². The number of fused-ring (bicyclic) bond motifs is 1. The number of rotatable bonds is 5. The van der Waals surface area contributed by atoms with Gasteiger partial charge in [0.15, 0.2) is 17.5 Å². The highest BCUT2D eigenvalue weighted by molar-refractivity contribution is 7.12. The number of nitrogens with zero attached hydrogens (tertiary/aromatic N) is 1. The topological polar surface area (TPSA) is 67.9 Å². The highest BCUT2D eigenvalue weighted by Crippen LogP contribution is 2.40. The Morgan fingerprint density at radius 1 is 1.06 bits per heavy atom. The molecule has 4 rings (SSSR count). The summed E-state index contributed by atoms with van der Waals surface area (Å²) >= 11 is 1.19. The van der Waals surface area contributed by atoms with Crippen LogP contribution in [0.15, 0.2) is 30.3 Å². The smallest absolute Gasteiger partial charge is 0.471 e. The van der Waals surface area contributed by atoms with E-state index in [9.17, 15) is 22.8 Å². The standard InChI is InChI=1S/C23H25F3N2O4S/c1-14-7-10-19(33-14)20(21(29)27-15-5-3-2-4-6-15)28(22(30)23(24,25)26)16-8-9-17-18(13-16)32-12-11-31-17/h7-10,13,15,20H,2-6,11-12H2,1H3,(H,27,29)/t20-/m1/s1. The molecule has 2 aliphatic rings. The molecule has 33 heavy (non-hydrogen) atoms. The number of hydrogen-bond acceptors (Lipinski definition) is 5. The van der Waals surface area contributed by atoms with Crippen LogP contribution in [0.5, 0.6) is 11.5 Å². The number of benzene rings is 1. The Morgan fingerprint density at radius 2 is 1.76 bits per heavy atom. The Bertz CT molecular complexity index is 1020. The summed E-state index contributed by atoms with van der Waals surface area (Å²) in [6.07, 6.45) is -0.695. The molecule has 2 aromatic rings. The van der Waals surface area contributed by atoms with E-state index >= 15 is 0 Å². The fourth-order valence-electron chi connectivity index (χ4n) is 4.20. The summed E-state index contributed by atoms with van der Waals surface area (Å²) in [5, 5.41) is 2.90. The summed E-state index contributed by atoms with van der Waals surface area (Å²) < 4.78 is 52.2. The third kappa shape index (κ3) is 5.26. The average molecular weight is 483 g/mol. The fourth-order valence-corrected chi connectivity index (χ4v) is 5.17. The number of carbonyl (C=O) groups is 2. The monoisotopic (exact) mass is 482 g/mol. The molecule has 178 valence electrons. The molecule has 6 nitrogen and oxygen atoms in total. The quantitative estimate of drug-likeness (QED) is 0.658. The van der Waals surface area contributed by atoms with Crippen LogP contribution in [0.25, 0.3) is 0 Å². The molecule has 0 radical (unpaired) electrons. The summed E-state index contributed by atoms with van der Waals surface area (Å²) in [5.74, 6) is -2.14. The number of carbonyl (C=O) groups excluding carboxylic acids is 2. The number of alkyl halides is 3. The van der Waals surface area contributed by atoms with E-state index < -0.39 is 24.0 Å². The zero-order valence-electron chi connectivity index (χ0n) is 18.1. The van der Waals surface area contributed by atoms with E-state index in [1.807, 2.05) is 0 Å². The van der Waals surface area contributed by atoms with Crippen LogP contribution in [0.1, 0.15) is 47.9 Å². The van der Waals surface area contributed by atoms with Gasteiger partial charge in [-0.2, -0.15) is 13.2 Å². The SMILES string of the molecule is Cc1ccc([C@H](C(=O)NC2CCCCC2)N(C(=O)C(F)(F)F)c2ccc3c(c2)OCCO3)s1. The molecule has 2 amide bonds. The number of aryl methyl sites for hydroxylation is 1. The van der Waals surface area contributed by atoms with Crippen LogP contribution in [0.4, 0.5) is 18.9 Å². The zero-order valence-corrected chi connectivity index (χ0v) is 18.9. The van der Waals surface area contributed by atoms with Crippen molar-refractivity contribution in [3.63, 3.8) is 0 Å². The normalized spacial score (nSPS) is 17.3. The second-order valence-electron chi connectivity index (χ2n) is 8.20. The van der Waals surface area contributed by atoms with E-state index in [4.69, 9.17) is 9.47 Å². The first-order chi connectivity index (χ1) is 15.7. The number of halogens is 3. The minimum absolute atomic E-state index is 0.0866. The third-order valence-electron chi connectivity index (χ3n) is 5.75. The number of anilines is 1. The van der Waals surface area contributed by atoms with Crippen molar-refractivity contribution < 1.29 is 32.2 Å². The van der Waals surface area contributed by atoms with E-state index in [1.165, 1.54) is 29.5 Å². The molecule has 0 unspecified atom stereocenters. The predicted octanol–water partition coefficient (Wildman–Crippen LogP) is 4.91. The average Bonchev–Trinajstić information content (AvgIpc) is 3.22. The van der Waals surface area contributed by atoms with Gasteiger partial charge in [-0.05, 0) is 44.0 Å². The van der Waals surface area contributed by atoms with Gasteiger partial charge >= 0.3 is 12.1 Å². The van der Waals surface area contributed by atoms with Gasteiger partial charge in [0.25, 0.3) is 0 Å². The maximum atomic E-state index is 13.8. The highest BCUT2D eigenvalue weighted by atomic mass is 32.1. The minimum atomic E-state index is -5.18. The van der Waals surface area contributed by atoms with Crippen molar-refractivity contribution in [2.24, 2.45) is 0 Å². The molecule has 1 saturated carbocycles. The molecule has 10 heteroatoms. The molecule has 1 N–H and O–H groups in total. The maximum Gasteiger partial charge on any atom is 0.471 e. The Kier molecular flexibility index (Phi) is 6.83. The van der Waals surface area contributed by atoms with Crippen LogP contribution in [-0.4, -0.2) is 37.2 Å². The second-order valence-corrected chi connectivity index (χ2v) is 9.51. The van der Waals surface area contributed by atoms with Gasteiger partial charge in [0.05, 0.1) is 0 Å². The molecule has 2 heterocycles. The van der Waals surface area contributed by atoms with Crippen LogP contribution in [0.2, 0.25) is 0 Å². The lowest BCUT2D eigenvalue weighted by atomic mass is 9.95. The molecular formula is C23H25F3N2O4S. The second kappa shape index (κ2) is 9.62. The first-order valence-electron chi connectivity index (χ1n) is 10.9. The van der Waals surface area contributed by atoms with Gasteiger partial charge in [-0.1, -0.05) is 19.3 Å². The number of ether oxygens (including phenoxy) is 2. The molecule has 0 bridgehead atoms. The summed E-state index contributed by atoms with van der Waals surface area (Å²) in [4.78, 5) is 27.8. The van der Waals surface area contributed by atoms with Crippen molar-refractivity contribution >= 4 is 28.8 Å². The van der Waals surface area contributed by atoms with Gasteiger partial charge in [-0.3, -0.25) is 14.5 Å². The first kappa shape index (κ1) is 23.4. The van der Waals surface area contributed by atoms with Gasteiger partial charge in [0, 0.05) is 27.5 Å². The summed E-state index contributed by atoms with van der Waals surface area (Å²) in [5.41, 5.74) is -0.0866. The van der Waals surface area contributed by atoms with Crippen LogP contribution in [0, 0.1) is 6.92 Å². The molecule has 1 atom stereocenters. The number of nitrogens with one attached hydrogen (secondary N) is 1. The lowest BCUT2D eigenvalue weighted by molar-refractivity contribution is -0.171. The van der Waals surface area contributed by atoms with Gasteiger partial charge in [-0.15, -0.1) is 11.3 Å². The lowest BCUT2D eigenvalue weighted by Crippen LogP contribution is -2.50. The van der Waals surface area contributed by atoms with Crippen molar-refractivity contribution in [2.75, 3.05) is 18.1 Å². The Hall–Kier alpha value is -2.75. The molecule has 0 spiro atoms. The van der Waals surface area contributed by atoms with E-state index in [0.717, 1.165) is 37.0 Å². The molecular weight excluding hydrogens is 457 g/mol. The molecule has 1 aliphatic heterocycles. The lowest BCUT2D eigenvalue weighted by Gasteiger charge is -2.33. The highest BCUT2D eigenvalue weighted by Gasteiger charge is 2.48. The Balaban J connectivity index is 1.77. The number of hydrogen-bond donors (Lipinski definition) is 1. The number of thiophene rings is 1. The van der Waals surface area contributed by atoms with Crippen LogP contribution < -0.4 is 19.7 Å². The first-order valence-corrected chi connectivity index (χ1v) is 11.7. The van der Waals surface area contributed by atoms with E-state index in [2.05, 4.69) is 5.32 Å². The Morgan fingerprint density at radius 3 is 2.39 bits per heavy atom. The van der Waals surface area contributed by atoms with E-state index in [0.29, 0.717) is 22.1 Å². The molecule has 1 fully saturated rings. The third-order valence-corrected chi connectivity index (χ3v) is 6.81. The molecule has 1 aromatic heterocycles. The number of amides is 2. The van der Waals surface area contributed by atoms with Crippen molar-refractivity contribution in [2.45, 2.75) is 57.3 Å². The fraction of sp³-hybridized carbons (Fsp3) is 0.478. The van der Waals surface area contributed by atoms with E-state index in [-0.39, 0.29) is 24.1 Å². The van der Waals surface area contributed by atoms with Crippen molar-refractivity contribution in [3.8, 4) is 11.5 Å². The van der Waals surface area contributed by atoms with Gasteiger partial charge < -0.3 is 14.8 Å². The summed E-state index contributed by atoms with van der Waals surface area (Å²) in [7, 11) is 0. The van der Waals surface area contributed by atoms with E-state index in [1.54, 1.807) is 19.1 Å². The molecule has 1 aromatic carbocycles. The Labute approximate surface area is 193 Å². The van der Waals surface area contributed by atoms with Crippen molar-refractivity contribution in [1.29, 1.82) is 0 Å². The maximum absolute atomic E-state index is 13.8. The van der Waals surface area contributed by atoms with Crippen LogP contribution >= 0.6 is 11.3 Å². The van der Waals surface area contributed by atoms with Crippen LogP contribution in [-0.2, 0) is 9.59 Å². The predicted molar refractivity (Wildman–Crippen MR) is 118 cm³/mol. The molecule has 0 saturated heterocycles. The van der Waals surface area contributed by atoms with Crippen molar-refractivity contribution in [3.05, 3.63) is 40.1 Å².